The van der Waals surface area contributed by atoms with Gasteiger partial charge >= 0.3 is 0 Å². The lowest BCUT2D eigenvalue weighted by Crippen LogP contribution is -2.48. The zero-order valence-corrected chi connectivity index (χ0v) is 35.9. The van der Waals surface area contributed by atoms with Crippen molar-refractivity contribution in [2.75, 3.05) is 6.61 Å². The maximum Gasteiger partial charge on any atom is 0.249 e. The summed E-state index contributed by atoms with van der Waals surface area (Å²) in [5.41, 5.74) is 0. The fourth-order valence-corrected chi connectivity index (χ4v) is 7.60. The summed E-state index contributed by atoms with van der Waals surface area (Å²) < 4.78 is 0. The van der Waals surface area contributed by atoms with E-state index in [0.717, 1.165) is 32.1 Å². The van der Waals surface area contributed by atoms with Crippen LogP contribution in [0.1, 0.15) is 264 Å². The van der Waals surface area contributed by atoms with E-state index in [1.54, 1.807) is 6.08 Å². The molecule has 0 rings (SSSR count). The Bertz CT molecular complexity index is 743. The number of rotatable bonds is 44. The standard InChI is InChI=1S/C48H95NO4/c1-3-5-7-9-11-13-14-15-16-17-18-19-20-21-22-23-24-25-26-27-28-29-30-31-32-33-35-37-39-41-43-47(52)48(53)49-45(44-50)46(51)42-40-38-36-34-12-10-8-6-4-2/h40,42,45-47,50-52H,3-39,41,43-44H2,1-2H3,(H,49,53)/b42-40+. The van der Waals surface area contributed by atoms with Gasteiger partial charge in [-0.3, -0.25) is 4.79 Å². The Morgan fingerprint density at radius 1 is 0.453 bits per heavy atom. The molecule has 5 heteroatoms. The molecule has 1 amide bonds. The lowest BCUT2D eigenvalue weighted by molar-refractivity contribution is -0.131. The molecule has 0 saturated carbocycles. The highest BCUT2D eigenvalue weighted by atomic mass is 16.3. The van der Waals surface area contributed by atoms with E-state index in [1.165, 1.54) is 212 Å². The fraction of sp³-hybridized carbons (Fsp3) is 0.938. The van der Waals surface area contributed by atoms with Gasteiger partial charge in [-0.1, -0.05) is 257 Å². The van der Waals surface area contributed by atoms with Crippen molar-refractivity contribution in [3.63, 3.8) is 0 Å². The Balaban J connectivity index is 3.45. The van der Waals surface area contributed by atoms with Gasteiger partial charge in [0.05, 0.1) is 18.8 Å². The van der Waals surface area contributed by atoms with Gasteiger partial charge in [-0.2, -0.15) is 0 Å². The summed E-state index contributed by atoms with van der Waals surface area (Å²) in [5.74, 6) is -0.501. The minimum atomic E-state index is -1.09. The van der Waals surface area contributed by atoms with Gasteiger partial charge in [0.25, 0.3) is 0 Å². The van der Waals surface area contributed by atoms with Crippen molar-refractivity contribution < 1.29 is 20.1 Å². The molecule has 0 spiro atoms. The summed E-state index contributed by atoms with van der Waals surface area (Å²) in [4.78, 5) is 12.4. The highest BCUT2D eigenvalue weighted by molar-refractivity contribution is 5.80. The zero-order chi connectivity index (χ0) is 38.7. The van der Waals surface area contributed by atoms with E-state index in [4.69, 9.17) is 0 Å². The van der Waals surface area contributed by atoms with Crippen LogP contribution in [-0.2, 0) is 4.79 Å². The Kier molecular flexibility index (Phi) is 43.1. The number of unbranched alkanes of at least 4 members (excludes halogenated alkanes) is 36. The normalized spacial score (nSPS) is 13.5. The Hall–Kier alpha value is -0.910. The van der Waals surface area contributed by atoms with E-state index in [-0.39, 0.29) is 6.61 Å². The molecule has 0 heterocycles. The average molecular weight is 750 g/mol. The van der Waals surface area contributed by atoms with E-state index in [0.29, 0.717) is 6.42 Å². The summed E-state index contributed by atoms with van der Waals surface area (Å²) in [7, 11) is 0. The molecular formula is C48H95NO4. The fourth-order valence-electron chi connectivity index (χ4n) is 7.60. The smallest absolute Gasteiger partial charge is 0.249 e. The van der Waals surface area contributed by atoms with Crippen molar-refractivity contribution in [3.8, 4) is 0 Å². The SMILES string of the molecule is CCCCCCCCC/C=C/C(O)C(CO)NC(=O)C(O)CCCCCCCCCCCCCCCCCCCCCCCCCCCCCCCC. The number of amides is 1. The van der Waals surface area contributed by atoms with Crippen LogP contribution in [0.4, 0.5) is 0 Å². The van der Waals surface area contributed by atoms with Gasteiger partial charge in [-0.25, -0.2) is 0 Å². The molecule has 53 heavy (non-hydrogen) atoms. The van der Waals surface area contributed by atoms with Crippen LogP contribution in [0.5, 0.6) is 0 Å². The van der Waals surface area contributed by atoms with Gasteiger partial charge in [0, 0.05) is 0 Å². The molecule has 0 aromatic heterocycles. The second-order valence-electron chi connectivity index (χ2n) is 16.7. The molecule has 0 saturated heterocycles. The molecule has 0 radical (unpaired) electrons. The van der Waals surface area contributed by atoms with Crippen LogP contribution < -0.4 is 5.32 Å². The van der Waals surface area contributed by atoms with Gasteiger partial charge < -0.3 is 20.6 Å². The van der Waals surface area contributed by atoms with Gasteiger partial charge in [0.1, 0.15) is 6.10 Å². The number of aliphatic hydroxyl groups excluding tert-OH is 3. The van der Waals surface area contributed by atoms with Crippen LogP contribution in [-0.4, -0.2) is 46.1 Å². The van der Waals surface area contributed by atoms with Crippen LogP contribution in [0.3, 0.4) is 0 Å². The van der Waals surface area contributed by atoms with Crippen molar-refractivity contribution >= 4 is 5.91 Å². The average Bonchev–Trinajstić information content (AvgIpc) is 3.16. The Morgan fingerprint density at radius 2 is 0.736 bits per heavy atom. The summed E-state index contributed by atoms with van der Waals surface area (Å²) in [6, 6.07) is -0.791. The number of hydrogen-bond acceptors (Lipinski definition) is 4. The molecule has 0 aliphatic heterocycles. The molecule has 0 bridgehead atoms. The number of allylic oxidation sites excluding steroid dienone is 1. The molecule has 0 aliphatic carbocycles. The minimum Gasteiger partial charge on any atom is -0.394 e. The maximum atomic E-state index is 12.4. The van der Waals surface area contributed by atoms with Crippen molar-refractivity contribution in [1.82, 2.24) is 5.32 Å². The van der Waals surface area contributed by atoms with E-state index >= 15 is 0 Å². The molecule has 0 fully saturated rings. The van der Waals surface area contributed by atoms with Crippen LogP contribution in [0.15, 0.2) is 12.2 Å². The topological polar surface area (TPSA) is 89.8 Å². The van der Waals surface area contributed by atoms with Crippen molar-refractivity contribution in [2.45, 2.75) is 283 Å². The molecular weight excluding hydrogens is 655 g/mol. The predicted molar refractivity (Wildman–Crippen MR) is 232 cm³/mol. The highest BCUT2D eigenvalue weighted by Crippen LogP contribution is 2.17. The van der Waals surface area contributed by atoms with E-state index in [9.17, 15) is 20.1 Å². The molecule has 316 valence electrons. The zero-order valence-electron chi connectivity index (χ0n) is 35.9. The van der Waals surface area contributed by atoms with Crippen LogP contribution in [0, 0.1) is 0 Å². The molecule has 3 unspecified atom stereocenters. The monoisotopic (exact) mass is 750 g/mol. The van der Waals surface area contributed by atoms with E-state index in [2.05, 4.69) is 19.2 Å². The third-order valence-electron chi connectivity index (χ3n) is 11.4. The quantitative estimate of drug-likeness (QED) is 0.0369. The number of aliphatic hydroxyl groups is 3. The van der Waals surface area contributed by atoms with Crippen LogP contribution in [0.25, 0.3) is 0 Å². The molecule has 4 N–H and O–H groups in total. The van der Waals surface area contributed by atoms with Crippen molar-refractivity contribution in [2.24, 2.45) is 0 Å². The number of carbonyl (C=O) groups excluding carboxylic acids is 1. The minimum absolute atomic E-state index is 0.360. The first kappa shape index (κ1) is 52.1. The second-order valence-corrected chi connectivity index (χ2v) is 16.7. The first-order chi connectivity index (χ1) is 26.1. The molecule has 0 aromatic rings. The summed E-state index contributed by atoms with van der Waals surface area (Å²) >= 11 is 0. The first-order valence-electron chi connectivity index (χ1n) is 24.0. The first-order valence-corrected chi connectivity index (χ1v) is 24.0. The Labute approximate surface area is 331 Å². The number of nitrogens with one attached hydrogen (secondary N) is 1. The number of carbonyl (C=O) groups is 1. The Morgan fingerprint density at radius 3 is 1.04 bits per heavy atom. The highest BCUT2D eigenvalue weighted by Gasteiger charge is 2.22. The van der Waals surface area contributed by atoms with Crippen molar-refractivity contribution in [1.29, 1.82) is 0 Å². The number of hydrogen-bond donors (Lipinski definition) is 4. The van der Waals surface area contributed by atoms with Gasteiger partial charge in [-0.05, 0) is 19.3 Å². The van der Waals surface area contributed by atoms with E-state index < -0.39 is 24.2 Å². The molecule has 0 aliphatic rings. The maximum absolute atomic E-state index is 12.4. The summed E-state index contributed by atoms with van der Waals surface area (Å²) in [6.07, 6.45) is 52.9. The molecule has 0 aromatic carbocycles. The second kappa shape index (κ2) is 43.8. The van der Waals surface area contributed by atoms with E-state index in [1.807, 2.05) is 6.08 Å². The molecule has 5 nitrogen and oxygen atoms in total. The van der Waals surface area contributed by atoms with Crippen molar-refractivity contribution in [3.05, 3.63) is 12.2 Å². The third-order valence-corrected chi connectivity index (χ3v) is 11.4. The van der Waals surface area contributed by atoms with Gasteiger partial charge in [-0.15, -0.1) is 0 Å². The summed E-state index contributed by atoms with van der Waals surface area (Å²) in [6.45, 7) is 4.17. The van der Waals surface area contributed by atoms with Crippen LogP contribution in [0.2, 0.25) is 0 Å². The lowest BCUT2D eigenvalue weighted by Gasteiger charge is -2.21. The summed E-state index contributed by atoms with van der Waals surface area (Å²) in [5, 5.41) is 33.0. The predicted octanol–water partition coefficient (Wildman–Crippen LogP) is 14.0. The van der Waals surface area contributed by atoms with Gasteiger partial charge in [0.2, 0.25) is 5.91 Å². The largest absolute Gasteiger partial charge is 0.394 e. The third kappa shape index (κ3) is 39.1. The molecule has 3 atom stereocenters. The van der Waals surface area contributed by atoms with Crippen LogP contribution >= 0.6 is 0 Å². The lowest BCUT2D eigenvalue weighted by atomic mass is 10.0. The van der Waals surface area contributed by atoms with Gasteiger partial charge in [0.15, 0.2) is 0 Å².